The first-order valence-corrected chi connectivity index (χ1v) is 3.54. The molecular weight excluding hydrogens is 154 g/mol. The predicted octanol–water partition coefficient (Wildman–Crippen LogP) is 1.58. The molecule has 0 aromatic carbocycles. The fourth-order valence-electron chi connectivity index (χ4n) is 0.555. The molecule has 0 spiro atoms. The summed E-state index contributed by atoms with van der Waals surface area (Å²) in [5.41, 5.74) is 0.505. The van der Waals surface area contributed by atoms with Gasteiger partial charge in [0.2, 0.25) is 0 Å². The van der Waals surface area contributed by atoms with E-state index in [9.17, 15) is 4.79 Å². The quantitative estimate of drug-likeness (QED) is 0.361. The molecule has 0 bridgehead atoms. The van der Waals surface area contributed by atoms with Gasteiger partial charge in [-0.25, -0.2) is 4.79 Å². The molecule has 0 aromatic heterocycles. The maximum atomic E-state index is 10.9. The van der Waals surface area contributed by atoms with Crippen molar-refractivity contribution >= 4 is 5.97 Å². The Bertz CT molecular complexity index is 235. The summed E-state index contributed by atoms with van der Waals surface area (Å²) in [6.07, 6.45) is 4.02. The third-order valence-corrected chi connectivity index (χ3v) is 1.18. The summed E-state index contributed by atoms with van der Waals surface area (Å²) in [6.45, 7) is 4.95. The third kappa shape index (κ3) is 4.29. The summed E-state index contributed by atoms with van der Waals surface area (Å²) < 4.78 is 4.55. The first-order chi connectivity index (χ1) is 5.72. The number of nitrogens with zero attached hydrogens (tertiary/aromatic N) is 1. The van der Waals surface area contributed by atoms with Crippen molar-refractivity contribution in [3.63, 3.8) is 0 Å². The van der Waals surface area contributed by atoms with Crippen LogP contribution in [0.5, 0.6) is 0 Å². The highest BCUT2D eigenvalue weighted by atomic mass is 16.5. The average molecular weight is 165 g/mol. The topological polar surface area (TPSA) is 50.1 Å². The van der Waals surface area contributed by atoms with Crippen molar-refractivity contribution in [1.82, 2.24) is 0 Å². The largest absolute Gasteiger partial charge is 0.447 e. The molecule has 12 heavy (non-hydrogen) atoms. The van der Waals surface area contributed by atoms with Crippen LogP contribution in [0.25, 0.3) is 0 Å². The van der Waals surface area contributed by atoms with Crippen molar-refractivity contribution in [2.75, 3.05) is 6.61 Å². The van der Waals surface area contributed by atoms with E-state index in [1.807, 2.05) is 0 Å². The number of allylic oxidation sites excluding steroid dienone is 2. The molecule has 0 aliphatic rings. The van der Waals surface area contributed by atoms with Crippen LogP contribution in [0.2, 0.25) is 0 Å². The molecule has 0 saturated carbocycles. The van der Waals surface area contributed by atoms with Gasteiger partial charge in [0.15, 0.2) is 6.61 Å². The average Bonchev–Trinajstić information content (AvgIpc) is 2.10. The minimum absolute atomic E-state index is 0.196. The van der Waals surface area contributed by atoms with E-state index < -0.39 is 5.97 Å². The number of nitriles is 1. The van der Waals surface area contributed by atoms with Crippen molar-refractivity contribution in [2.24, 2.45) is 0 Å². The predicted molar refractivity (Wildman–Crippen MR) is 45.1 cm³/mol. The second-order valence-corrected chi connectivity index (χ2v) is 2.15. The molecule has 0 N–H and O–H groups in total. The van der Waals surface area contributed by atoms with E-state index in [1.54, 1.807) is 25.1 Å². The van der Waals surface area contributed by atoms with Crippen LogP contribution in [0.15, 0.2) is 24.3 Å². The Labute approximate surface area is 71.9 Å². The standard InChI is InChI=1S/C9H11NO2/c1-3-4-5-8(2)9(11)12-7-6-10/h3,5H,1,4,7H2,2H3. The Kier molecular flexibility index (Phi) is 5.37. The van der Waals surface area contributed by atoms with Crippen molar-refractivity contribution < 1.29 is 9.53 Å². The van der Waals surface area contributed by atoms with Gasteiger partial charge in [-0.15, -0.1) is 6.58 Å². The van der Waals surface area contributed by atoms with Gasteiger partial charge < -0.3 is 4.74 Å². The highest BCUT2D eigenvalue weighted by Gasteiger charge is 2.02. The van der Waals surface area contributed by atoms with Crippen molar-refractivity contribution in [2.45, 2.75) is 13.3 Å². The smallest absolute Gasteiger partial charge is 0.334 e. The summed E-state index contributed by atoms with van der Waals surface area (Å²) in [5, 5.41) is 8.11. The highest BCUT2D eigenvalue weighted by Crippen LogP contribution is 1.98. The second-order valence-electron chi connectivity index (χ2n) is 2.15. The number of rotatable bonds is 4. The fraction of sp³-hybridized carbons (Fsp3) is 0.333. The monoisotopic (exact) mass is 165 g/mol. The Balaban J connectivity index is 3.93. The van der Waals surface area contributed by atoms with Crippen LogP contribution in [-0.4, -0.2) is 12.6 Å². The van der Waals surface area contributed by atoms with Crippen LogP contribution in [0.1, 0.15) is 13.3 Å². The maximum Gasteiger partial charge on any atom is 0.334 e. The van der Waals surface area contributed by atoms with Crippen LogP contribution in [0.3, 0.4) is 0 Å². The first kappa shape index (κ1) is 10.4. The third-order valence-electron chi connectivity index (χ3n) is 1.18. The molecule has 0 aromatic rings. The molecule has 3 nitrogen and oxygen atoms in total. The summed E-state index contributed by atoms with van der Waals surface area (Å²) in [5.74, 6) is -0.446. The number of carbonyl (C=O) groups is 1. The fourth-order valence-corrected chi connectivity index (χ4v) is 0.555. The Morgan fingerprint density at radius 2 is 2.42 bits per heavy atom. The SMILES string of the molecule is C=CCC=C(C)C(=O)OCC#N. The zero-order valence-corrected chi connectivity index (χ0v) is 7.04. The summed E-state index contributed by atoms with van der Waals surface area (Å²) in [7, 11) is 0. The number of ether oxygens (including phenoxy) is 1. The number of hydrogen-bond donors (Lipinski definition) is 0. The number of carbonyl (C=O) groups excluding carboxylic acids is 1. The molecule has 0 rings (SSSR count). The molecule has 0 amide bonds. The second kappa shape index (κ2) is 6.17. The van der Waals surface area contributed by atoms with Gasteiger partial charge >= 0.3 is 5.97 Å². The van der Waals surface area contributed by atoms with Gasteiger partial charge in [-0.3, -0.25) is 0 Å². The zero-order chi connectivity index (χ0) is 9.40. The molecular formula is C9H11NO2. The van der Waals surface area contributed by atoms with Gasteiger partial charge in [-0.2, -0.15) is 5.26 Å². The molecule has 0 fully saturated rings. The summed E-state index contributed by atoms with van der Waals surface area (Å²) in [4.78, 5) is 10.9. The lowest BCUT2D eigenvalue weighted by atomic mass is 10.2. The normalized spacial score (nSPS) is 10.2. The zero-order valence-electron chi connectivity index (χ0n) is 7.04. The van der Waals surface area contributed by atoms with Gasteiger partial charge in [-0.1, -0.05) is 12.2 Å². The van der Waals surface area contributed by atoms with E-state index in [4.69, 9.17) is 5.26 Å². The van der Waals surface area contributed by atoms with E-state index in [-0.39, 0.29) is 6.61 Å². The number of esters is 1. The molecule has 0 aliphatic carbocycles. The molecule has 0 radical (unpaired) electrons. The minimum atomic E-state index is -0.446. The minimum Gasteiger partial charge on any atom is -0.447 e. The van der Waals surface area contributed by atoms with Crippen LogP contribution in [-0.2, 0) is 9.53 Å². The first-order valence-electron chi connectivity index (χ1n) is 3.54. The van der Waals surface area contributed by atoms with Crippen molar-refractivity contribution in [1.29, 1.82) is 5.26 Å². The van der Waals surface area contributed by atoms with Crippen molar-refractivity contribution in [3.05, 3.63) is 24.3 Å². The molecule has 0 unspecified atom stereocenters. The van der Waals surface area contributed by atoms with E-state index in [0.717, 1.165) is 0 Å². The summed E-state index contributed by atoms with van der Waals surface area (Å²) >= 11 is 0. The lowest BCUT2D eigenvalue weighted by molar-refractivity contribution is -0.137. The molecule has 0 atom stereocenters. The van der Waals surface area contributed by atoms with Crippen LogP contribution in [0.4, 0.5) is 0 Å². The molecule has 64 valence electrons. The lowest BCUT2D eigenvalue weighted by Gasteiger charge is -1.98. The Morgan fingerprint density at radius 3 is 2.92 bits per heavy atom. The Morgan fingerprint density at radius 1 is 1.75 bits per heavy atom. The van der Waals surface area contributed by atoms with Gasteiger partial charge in [0.05, 0.1) is 0 Å². The summed E-state index contributed by atoms with van der Waals surface area (Å²) in [6, 6.07) is 1.72. The molecule has 0 heterocycles. The van der Waals surface area contributed by atoms with Crippen LogP contribution >= 0.6 is 0 Å². The highest BCUT2D eigenvalue weighted by molar-refractivity contribution is 5.87. The van der Waals surface area contributed by atoms with Gasteiger partial charge in [0.25, 0.3) is 0 Å². The van der Waals surface area contributed by atoms with Crippen LogP contribution in [0, 0.1) is 11.3 Å². The lowest BCUT2D eigenvalue weighted by Crippen LogP contribution is -2.05. The van der Waals surface area contributed by atoms with Gasteiger partial charge in [0, 0.05) is 5.57 Å². The maximum absolute atomic E-state index is 10.9. The molecule has 0 aliphatic heterocycles. The van der Waals surface area contributed by atoms with Gasteiger partial charge in [-0.05, 0) is 13.3 Å². The van der Waals surface area contributed by atoms with Gasteiger partial charge in [0.1, 0.15) is 6.07 Å². The van der Waals surface area contributed by atoms with Crippen molar-refractivity contribution in [3.8, 4) is 6.07 Å². The Hall–Kier alpha value is -1.56. The van der Waals surface area contributed by atoms with E-state index in [2.05, 4.69) is 11.3 Å². The van der Waals surface area contributed by atoms with E-state index in [0.29, 0.717) is 12.0 Å². The van der Waals surface area contributed by atoms with Crippen LogP contribution < -0.4 is 0 Å². The van der Waals surface area contributed by atoms with E-state index in [1.165, 1.54) is 0 Å². The number of hydrogen-bond acceptors (Lipinski definition) is 3. The molecule has 0 saturated heterocycles. The van der Waals surface area contributed by atoms with E-state index >= 15 is 0 Å². The molecule has 3 heteroatoms.